The number of hydrogen-bond donors (Lipinski definition) is 0. The Morgan fingerprint density at radius 3 is 2.59 bits per heavy atom. The average molecular weight is 413 g/mol. The number of carbonyl (C=O) groups is 2. The van der Waals surface area contributed by atoms with Crippen molar-refractivity contribution in [1.82, 2.24) is 9.80 Å². The number of rotatable bonds is 4. The zero-order chi connectivity index (χ0) is 20.5. The third-order valence-corrected chi connectivity index (χ3v) is 6.42. The minimum atomic E-state index is -0.374. The highest BCUT2D eigenvalue weighted by Crippen LogP contribution is 2.40. The summed E-state index contributed by atoms with van der Waals surface area (Å²) < 4.78 is 5.23. The number of halogens is 1. The quantitative estimate of drug-likeness (QED) is 0.765. The summed E-state index contributed by atoms with van der Waals surface area (Å²) in [5, 5.41) is 0.613. The van der Waals surface area contributed by atoms with Gasteiger partial charge < -0.3 is 14.5 Å². The fourth-order valence-corrected chi connectivity index (χ4v) is 4.78. The van der Waals surface area contributed by atoms with Crippen LogP contribution in [0.2, 0.25) is 5.02 Å². The van der Waals surface area contributed by atoms with Crippen molar-refractivity contribution in [2.45, 2.75) is 24.8 Å². The smallest absolute Gasteiger partial charge is 0.228 e. The molecule has 2 saturated heterocycles. The van der Waals surface area contributed by atoms with Crippen LogP contribution in [0.5, 0.6) is 5.75 Å². The van der Waals surface area contributed by atoms with Crippen LogP contribution in [0.15, 0.2) is 48.5 Å². The number of methoxy groups -OCH3 is 1. The van der Waals surface area contributed by atoms with Gasteiger partial charge in [0.05, 0.1) is 19.1 Å². The molecule has 0 aromatic heterocycles. The highest BCUT2D eigenvalue weighted by atomic mass is 35.5. The number of likely N-dealkylation sites (tertiary alicyclic amines) is 2. The third kappa shape index (κ3) is 3.84. The van der Waals surface area contributed by atoms with Gasteiger partial charge in [-0.2, -0.15) is 0 Å². The lowest BCUT2D eigenvalue weighted by Crippen LogP contribution is -2.37. The van der Waals surface area contributed by atoms with Crippen LogP contribution >= 0.6 is 11.6 Å². The first kappa shape index (κ1) is 19.8. The molecule has 6 heteroatoms. The van der Waals surface area contributed by atoms with Crippen LogP contribution < -0.4 is 4.74 Å². The molecule has 0 N–H and O–H groups in total. The van der Waals surface area contributed by atoms with Crippen LogP contribution in [-0.2, 0) is 9.59 Å². The van der Waals surface area contributed by atoms with E-state index in [1.807, 2.05) is 35.2 Å². The van der Waals surface area contributed by atoms with Crippen LogP contribution in [0.1, 0.15) is 35.9 Å². The third-order valence-electron chi connectivity index (χ3n) is 6.18. The van der Waals surface area contributed by atoms with Gasteiger partial charge in [-0.3, -0.25) is 9.59 Å². The molecular weight excluding hydrogens is 388 g/mol. The fraction of sp³-hybridized carbons (Fsp3) is 0.391. The first-order valence-electron chi connectivity index (χ1n) is 9.92. The number of hydrogen-bond acceptors (Lipinski definition) is 3. The lowest BCUT2D eigenvalue weighted by molar-refractivity contribution is -0.135. The van der Waals surface area contributed by atoms with E-state index in [0.29, 0.717) is 24.0 Å². The Bertz CT molecular complexity index is 915. The van der Waals surface area contributed by atoms with Crippen molar-refractivity contribution in [2.75, 3.05) is 27.2 Å². The molecule has 3 unspecified atom stereocenters. The van der Waals surface area contributed by atoms with Gasteiger partial charge in [-0.25, -0.2) is 0 Å². The summed E-state index contributed by atoms with van der Waals surface area (Å²) in [5.74, 6) is 0.823. The van der Waals surface area contributed by atoms with Crippen molar-refractivity contribution in [1.29, 1.82) is 0 Å². The molecule has 0 spiro atoms. The molecule has 2 aromatic carbocycles. The molecule has 2 aromatic rings. The van der Waals surface area contributed by atoms with E-state index in [4.69, 9.17) is 16.3 Å². The van der Waals surface area contributed by atoms with E-state index in [1.165, 1.54) is 5.56 Å². The van der Waals surface area contributed by atoms with Crippen LogP contribution in [0, 0.1) is 5.92 Å². The molecule has 4 rings (SSSR count). The first-order chi connectivity index (χ1) is 14.0. The van der Waals surface area contributed by atoms with Gasteiger partial charge in [-0.1, -0.05) is 35.9 Å². The van der Waals surface area contributed by atoms with Crippen molar-refractivity contribution >= 4 is 23.4 Å². The summed E-state index contributed by atoms with van der Waals surface area (Å²) in [6.07, 6.45) is 1.17. The van der Waals surface area contributed by atoms with E-state index in [9.17, 15) is 9.59 Å². The molecule has 152 valence electrons. The maximum Gasteiger partial charge on any atom is 0.228 e. The molecule has 29 heavy (non-hydrogen) atoms. The summed E-state index contributed by atoms with van der Waals surface area (Å²) in [7, 11) is 3.42. The zero-order valence-corrected chi connectivity index (χ0v) is 17.4. The van der Waals surface area contributed by atoms with Gasteiger partial charge in [0.2, 0.25) is 11.8 Å². The van der Waals surface area contributed by atoms with Crippen molar-refractivity contribution < 1.29 is 14.3 Å². The van der Waals surface area contributed by atoms with Gasteiger partial charge in [0.25, 0.3) is 0 Å². The number of amides is 2. The molecule has 0 saturated carbocycles. The second kappa shape index (κ2) is 8.07. The number of nitrogens with zero attached hydrogens (tertiary/aromatic N) is 2. The van der Waals surface area contributed by atoms with Crippen molar-refractivity contribution in [2.24, 2.45) is 5.92 Å². The molecule has 2 aliphatic heterocycles. The highest BCUT2D eigenvalue weighted by Gasteiger charge is 2.45. The maximum atomic E-state index is 13.4. The van der Waals surface area contributed by atoms with Crippen LogP contribution in [0.25, 0.3) is 0 Å². The van der Waals surface area contributed by atoms with E-state index in [2.05, 4.69) is 12.1 Å². The zero-order valence-electron chi connectivity index (χ0n) is 16.7. The summed E-state index contributed by atoms with van der Waals surface area (Å²) in [5.41, 5.74) is 2.13. The Kier molecular flexibility index (Phi) is 5.50. The predicted octanol–water partition coefficient (Wildman–Crippen LogP) is 3.88. The minimum Gasteiger partial charge on any atom is -0.497 e. The van der Waals surface area contributed by atoms with E-state index in [-0.39, 0.29) is 30.2 Å². The van der Waals surface area contributed by atoms with Crippen LogP contribution in [0.3, 0.4) is 0 Å². The molecule has 2 aliphatic rings. The van der Waals surface area contributed by atoms with Crippen LogP contribution in [0.4, 0.5) is 0 Å². The largest absolute Gasteiger partial charge is 0.497 e. The first-order valence-corrected chi connectivity index (χ1v) is 10.3. The normalized spacial score (nSPS) is 24.2. The van der Waals surface area contributed by atoms with Crippen molar-refractivity contribution in [3.63, 3.8) is 0 Å². The predicted molar refractivity (Wildman–Crippen MR) is 112 cm³/mol. The molecule has 0 radical (unpaired) electrons. The van der Waals surface area contributed by atoms with Gasteiger partial charge in [-0.05, 0) is 41.8 Å². The molecule has 5 nitrogen and oxygen atoms in total. The van der Waals surface area contributed by atoms with Crippen molar-refractivity contribution in [3.05, 3.63) is 64.7 Å². The Morgan fingerprint density at radius 2 is 1.90 bits per heavy atom. The molecular formula is C23H25ClN2O3. The second-order valence-electron chi connectivity index (χ2n) is 7.86. The van der Waals surface area contributed by atoms with Gasteiger partial charge in [-0.15, -0.1) is 0 Å². The van der Waals surface area contributed by atoms with E-state index in [0.717, 1.165) is 17.7 Å². The monoisotopic (exact) mass is 412 g/mol. The average Bonchev–Trinajstić information content (AvgIpc) is 3.33. The Balaban J connectivity index is 1.51. The lowest BCUT2D eigenvalue weighted by Gasteiger charge is -2.28. The summed E-state index contributed by atoms with van der Waals surface area (Å²) in [6, 6.07) is 15.2. The fourth-order valence-electron chi connectivity index (χ4n) is 4.58. The molecule has 3 atom stereocenters. The lowest BCUT2D eigenvalue weighted by atomic mass is 9.92. The molecule has 2 amide bonds. The molecule has 2 fully saturated rings. The number of carbonyl (C=O) groups excluding carboxylic acids is 2. The summed E-state index contributed by atoms with van der Waals surface area (Å²) >= 11 is 6.16. The highest BCUT2D eigenvalue weighted by molar-refractivity contribution is 6.30. The Labute approximate surface area is 176 Å². The SMILES string of the molecule is COc1ccc(C2CCN(C(=O)C3CC(=O)N(C)C3c3cccc(Cl)c3)C2)cc1. The van der Waals surface area contributed by atoms with Gasteiger partial charge in [0, 0.05) is 37.5 Å². The topological polar surface area (TPSA) is 49.9 Å². The maximum absolute atomic E-state index is 13.4. The van der Waals surface area contributed by atoms with Crippen molar-refractivity contribution in [3.8, 4) is 5.75 Å². The Morgan fingerprint density at radius 1 is 1.14 bits per heavy atom. The van der Waals surface area contributed by atoms with Crippen LogP contribution in [-0.4, -0.2) is 48.9 Å². The summed E-state index contributed by atoms with van der Waals surface area (Å²) in [4.78, 5) is 29.4. The van der Waals surface area contributed by atoms with Gasteiger partial charge in [0.15, 0.2) is 0 Å². The van der Waals surface area contributed by atoms with Gasteiger partial charge >= 0.3 is 0 Å². The number of ether oxygens (including phenoxy) is 1. The summed E-state index contributed by atoms with van der Waals surface area (Å²) in [6.45, 7) is 1.40. The second-order valence-corrected chi connectivity index (χ2v) is 8.29. The number of benzene rings is 2. The Hall–Kier alpha value is -2.53. The molecule has 0 bridgehead atoms. The molecule has 2 heterocycles. The standard InChI is InChI=1S/C23H25ClN2O3/c1-25-21(27)13-20(22(25)16-4-3-5-18(24)12-16)23(28)26-11-10-17(14-26)15-6-8-19(29-2)9-7-15/h3-9,12,17,20,22H,10-11,13-14H2,1-2H3. The minimum absolute atomic E-state index is 0.000716. The van der Waals surface area contributed by atoms with E-state index >= 15 is 0 Å². The van der Waals surface area contributed by atoms with E-state index < -0.39 is 0 Å². The molecule has 0 aliphatic carbocycles. The van der Waals surface area contributed by atoms with Gasteiger partial charge in [0.1, 0.15) is 5.75 Å². The van der Waals surface area contributed by atoms with E-state index in [1.54, 1.807) is 25.1 Å².